The number of hydrogen-bond acceptors (Lipinski definition) is 5. The van der Waals surface area contributed by atoms with Crippen molar-refractivity contribution in [1.29, 1.82) is 0 Å². The van der Waals surface area contributed by atoms with E-state index in [9.17, 15) is 4.79 Å². The number of halogens is 1. The van der Waals surface area contributed by atoms with Crippen LogP contribution in [0.25, 0.3) is 5.57 Å². The van der Waals surface area contributed by atoms with Gasteiger partial charge in [-0.2, -0.15) is 0 Å². The maximum absolute atomic E-state index is 15.1. The molecule has 0 spiro atoms. The number of aromatic amines is 1. The Morgan fingerprint density at radius 3 is 2.85 bits per heavy atom. The smallest absolute Gasteiger partial charge is 0.269 e. The van der Waals surface area contributed by atoms with Crippen LogP contribution in [-0.2, 0) is 11.2 Å². The molecule has 0 amide bonds. The van der Waals surface area contributed by atoms with E-state index >= 15 is 4.39 Å². The Morgan fingerprint density at radius 1 is 1.33 bits per heavy atom. The number of aromatic nitrogens is 2. The third-order valence-corrected chi connectivity index (χ3v) is 5.96. The summed E-state index contributed by atoms with van der Waals surface area (Å²) in [6, 6.07) is 3.32. The van der Waals surface area contributed by atoms with Gasteiger partial charge in [0.1, 0.15) is 11.5 Å². The van der Waals surface area contributed by atoms with Crippen molar-refractivity contribution in [2.24, 2.45) is 4.99 Å². The first-order valence-electron chi connectivity index (χ1n) is 10.9. The van der Waals surface area contributed by atoms with Crippen LogP contribution in [0.4, 0.5) is 4.39 Å². The molecule has 33 heavy (non-hydrogen) atoms. The van der Waals surface area contributed by atoms with E-state index in [4.69, 9.17) is 4.74 Å². The molecule has 0 atom stereocenters. The van der Waals surface area contributed by atoms with E-state index in [0.717, 1.165) is 46.8 Å². The van der Waals surface area contributed by atoms with Crippen molar-refractivity contribution >= 4 is 11.3 Å². The van der Waals surface area contributed by atoms with Gasteiger partial charge < -0.3 is 14.6 Å². The molecular formula is C26H27FN4O2. The van der Waals surface area contributed by atoms with Gasteiger partial charge in [0.25, 0.3) is 5.56 Å². The van der Waals surface area contributed by atoms with Gasteiger partial charge >= 0.3 is 0 Å². The maximum atomic E-state index is 15.1. The molecule has 0 saturated carbocycles. The number of hydrogen-bond donors (Lipinski definition) is 1. The first-order chi connectivity index (χ1) is 16.0. The molecule has 2 heterocycles. The number of allylic oxidation sites excluding steroid dienone is 5. The zero-order chi connectivity index (χ0) is 23.4. The molecule has 1 aliphatic heterocycles. The van der Waals surface area contributed by atoms with Crippen molar-refractivity contribution in [1.82, 2.24) is 14.9 Å². The summed E-state index contributed by atoms with van der Waals surface area (Å²) in [4.78, 5) is 25.6. The Hall–Kier alpha value is -3.58. The van der Waals surface area contributed by atoms with Crippen LogP contribution >= 0.6 is 0 Å². The zero-order valence-corrected chi connectivity index (χ0v) is 18.9. The van der Waals surface area contributed by atoms with E-state index in [-0.39, 0.29) is 11.4 Å². The average molecular weight is 447 g/mol. The van der Waals surface area contributed by atoms with Gasteiger partial charge in [-0.1, -0.05) is 12.7 Å². The minimum absolute atomic E-state index is 0.241. The van der Waals surface area contributed by atoms with Crippen LogP contribution in [-0.4, -0.2) is 46.9 Å². The minimum atomic E-state index is -0.314. The zero-order valence-electron chi connectivity index (χ0n) is 18.9. The van der Waals surface area contributed by atoms with E-state index in [2.05, 4.69) is 26.4 Å². The lowest BCUT2D eigenvalue weighted by Crippen LogP contribution is -2.35. The van der Waals surface area contributed by atoms with E-state index in [1.165, 1.54) is 18.5 Å². The van der Waals surface area contributed by atoms with Gasteiger partial charge in [0.2, 0.25) is 0 Å². The number of morpholine rings is 1. The molecule has 2 aromatic rings. The summed E-state index contributed by atoms with van der Waals surface area (Å²) in [6.07, 6.45) is 10.9. The van der Waals surface area contributed by atoms with Crippen LogP contribution < -0.4 is 5.56 Å². The summed E-state index contributed by atoms with van der Waals surface area (Å²) in [5.74, 6) is -0.314. The second-order valence-electron chi connectivity index (χ2n) is 8.04. The van der Waals surface area contributed by atoms with Gasteiger partial charge in [0.15, 0.2) is 0 Å². The summed E-state index contributed by atoms with van der Waals surface area (Å²) in [5.41, 5.74) is 5.62. The third kappa shape index (κ3) is 4.93. The van der Waals surface area contributed by atoms with Crippen LogP contribution in [0.2, 0.25) is 0 Å². The predicted molar refractivity (Wildman–Crippen MR) is 129 cm³/mol. The summed E-state index contributed by atoms with van der Waals surface area (Å²) in [7, 11) is 0. The number of H-pyrrole nitrogens is 1. The van der Waals surface area contributed by atoms with Crippen molar-refractivity contribution in [3.05, 3.63) is 105 Å². The van der Waals surface area contributed by atoms with Crippen LogP contribution in [0.3, 0.4) is 0 Å². The fourth-order valence-corrected chi connectivity index (χ4v) is 4.09. The molecule has 170 valence electrons. The molecule has 0 bridgehead atoms. The van der Waals surface area contributed by atoms with Crippen molar-refractivity contribution in [2.75, 3.05) is 26.3 Å². The molecule has 0 radical (unpaired) electrons. The van der Waals surface area contributed by atoms with E-state index in [1.807, 2.05) is 38.1 Å². The SMILES string of the molecule is C=CN=C1C=C(N2CCOCC2)C=C/C1=C(/C)c1cc(Cc2ncc[nH]c2=O)c(C)cc1F. The minimum Gasteiger partial charge on any atom is -0.378 e. The average Bonchev–Trinajstić information content (AvgIpc) is 2.82. The Morgan fingerprint density at radius 2 is 2.12 bits per heavy atom. The van der Waals surface area contributed by atoms with Crippen molar-refractivity contribution in [2.45, 2.75) is 20.3 Å². The van der Waals surface area contributed by atoms with E-state index in [0.29, 0.717) is 30.9 Å². The molecule has 2 aliphatic rings. The first-order valence-corrected chi connectivity index (χ1v) is 10.9. The number of aliphatic imine (C=N–C) groups is 1. The molecule has 4 rings (SSSR count). The highest BCUT2D eigenvalue weighted by Crippen LogP contribution is 2.29. The van der Waals surface area contributed by atoms with Crippen LogP contribution in [0.15, 0.2) is 76.6 Å². The molecule has 1 fully saturated rings. The highest BCUT2D eigenvalue weighted by Gasteiger charge is 2.20. The second-order valence-corrected chi connectivity index (χ2v) is 8.04. The molecule has 1 aromatic heterocycles. The van der Waals surface area contributed by atoms with Crippen LogP contribution in [0, 0.1) is 12.7 Å². The number of nitrogens with zero attached hydrogens (tertiary/aromatic N) is 3. The highest BCUT2D eigenvalue weighted by atomic mass is 19.1. The lowest BCUT2D eigenvalue weighted by molar-refractivity contribution is 0.0554. The quantitative estimate of drug-likeness (QED) is 0.755. The van der Waals surface area contributed by atoms with Crippen LogP contribution in [0.1, 0.15) is 29.3 Å². The summed E-state index contributed by atoms with van der Waals surface area (Å²) in [6.45, 7) is 10.5. The molecule has 1 saturated heterocycles. The highest BCUT2D eigenvalue weighted by molar-refractivity contribution is 6.16. The van der Waals surface area contributed by atoms with Gasteiger partial charge in [0, 0.05) is 54.9 Å². The molecule has 1 aromatic carbocycles. The summed E-state index contributed by atoms with van der Waals surface area (Å²) < 4.78 is 20.5. The number of nitrogens with one attached hydrogen (secondary N) is 1. The summed E-state index contributed by atoms with van der Waals surface area (Å²) in [5, 5.41) is 0. The Bertz CT molecular complexity index is 1250. The molecule has 6 nitrogen and oxygen atoms in total. The summed E-state index contributed by atoms with van der Waals surface area (Å²) >= 11 is 0. The fourth-order valence-electron chi connectivity index (χ4n) is 4.09. The Balaban J connectivity index is 1.72. The topological polar surface area (TPSA) is 70.6 Å². The molecule has 0 unspecified atom stereocenters. The molecule has 7 heteroatoms. The predicted octanol–water partition coefficient (Wildman–Crippen LogP) is 3.95. The van der Waals surface area contributed by atoms with Crippen molar-refractivity contribution < 1.29 is 9.13 Å². The number of benzene rings is 1. The number of rotatable bonds is 5. The maximum Gasteiger partial charge on any atom is 0.269 e. The number of aryl methyl sites for hydroxylation is 1. The van der Waals surface area contributed by atoms with Crippen LogP contribution in [0.5, 0.6) is 0 Å². The van der Waals surface area contributed by atoms with Gasteiger partial charge in [-0.05, 0) is 54.8 Å². The lowest BCUT2D eigenvalue weighted by atomic mass is 9.91. The molecule has 1 aliphatic carbocycles. The first kappa shape index (κ1) is 22.6. The lowest BCUT2D eigenvalue weighted by Gasteiger charge is -2.31. The molecular weight excluding hydrogens is 419 g/mol. The monoisotopic (exact) mass is 446 g/mol. The van der Waals surface area contributed by atoms with Gasteiger partial charge in [-0.15, -0.1) is 0 Å². The fraction of sp³-hybridized carbons (Fsp3) is 0.269. The standard InChI is InChI=1S/C26H27FN4O2/c1-4-28-24-16-20(31-9-11-33-12-10-31)5-6-21(24)18(3)22-14-19(17(2)13-23(22)27)15-25-26(32)30-8-7-29-25/h4-8,13-14,16H,1,9-12,15H2,2-3H3,(H,30,32)/b21-18+,28-24?. The largest absolute Gasteiger partial charge is 0.378 e. The molecule has 1 N–H and O–H groups in total. The third-order valence-electron chi connectivity index (χ3n) is 5.96. The van der Waals surface area contributed by atoms with Crippen molar-refractivity contribution in [3.8, 4) is 0 Å². The Kier molecular flexibility index (Phi) is 6.79. The van der Waals surface area contributed by atoms with E-state index in [1.54, 1.807) is 6.20 Å². The second kappa shape index (κ2) is 9.92. The van der Waals surface area contributed by atoms with Gasteiger partial charge in [0.05, 0.1) is 18.9 Å². The Labute approximate surface area is 192 Å². The van der Waals surface area contributed by atoms with Gasteiger partial charge in [-0.25, -0.2) is 4.39 Å². The van der Waals surface area contributed by atoms with Crippen molar-refractivity contribution in [3.63, 3.8) is 0 Å². The van der Waals surface area contributed by atoms with Gasteiger partial charge in [-0.3, -0.25) is 14.8 Å². The normalized spacial score (nSPS) is 18.9. The number of ether oxygens (including phenoxy) is 1. The van der Waals surface area contributed by atoms with E-state index < -0.39 is 0 Å².